The molecule has 2 N–H and O–H groups in total. The van der Waals surface area contributed by atoms with Gasteiger partial charge in [0.1, 0.15) is 5.02 Å². The van der Waals surface area contributed by atoms with E-state index < -0.39 is 17.8 Å². The largest absolute Gasteiger partial charge is 0.380 e. The molecule has 4 heterocycles. The Balaban J connectivity index is 1.34. The summed E-state index contributed by atoms with van der Waals surface area (Å²) in [5.74, 6) is -1.99. The summed E-state index contributed by atoms with van der Waals surface area (Å²) in [6, 6.07) is 6.20. The van der Waals surface area contributed by atoms with E-state index in [1.165, 1.54) is 19.0 Å². The van der Waals surface area contributed by atoms with Crippen LogP contribution in [0.3, 0.4) is 0 Å². The van der Waals surface area contributed by atoms with Crippen molar-refractivity contribution < 1.29 is 8.78 Å². The van der Waals surface area contributed by atoms with Gasteiger partial charge in [0.25, 0.3) is 11.5 Å². The third-order valence-corrected chi connectivity index (χ3v) is 9.51. The second kappa shape index (κ2) is 9.55. The number of piperidine rings is 1. The molecule has 2 fully saturated rings. The molecule has 202 valence electrons. The molecule has 1 aromatic carbocycles. The minimum atomic E-state index is -2.72. The molecule has 1 saturated carbocycles. The maximum Gasteiger partial charge on any atom is 0.266 e. The van der Waals surface area contributed by atoms with E-state index in [0.717, 1.165) is 39.3 Å². The highest BCUT2D eigenvalue weighted by molar-refractivity contribution is 7.99. The fourth-order valence-corrected chi connectivity index (χ4v) is 6.92. The van der Waals surface area contributed by atoms with Crippen molar-refractivity contribution in [3.05, 3.63) is 39.8 Å². The normalized spacial score (nSPS) is 25.0. The molecule has 2 aromatic heterocycles. The lowest BCUT2D eigenvalue weighted by Gasteiger charge is -2.41. The molecule has 0 spiro atoms. The Morgan fingerprint density at radius 2 is 1.92 bits per heavy atom. The molecule has 11 heteroatoms. The Bertz CT molecular complexity index is 1450. The van der Waals surface area contributed by atoms with Gasteiger partial charge in [0.05, 0.1) is 22.3 Å². The van der Waals surface area contributed by atoms with Crippen LogP contribution in [-0.2, 0) is 7.05 Å². The van der Waals surface area contributed by atoms with E-state index in [1.54, 1.807) is 42.1 Å². The zero-order valence-electron chi connectivity index (χ0n) is 21.6. The molecule has 7 nitrogen and oxygen atoms in total. The summed E-state index contributed by atoms with van der Waals surface area (Å²) in [4.78, 5) is 24.7. The highest BCUT2D eigenvalue weighted by atomic mass is 35.5. The molecule has 6 rings (SSSR count). The number of anilines is 4. The van der Waals surface area contributed by atoms with E-state index >= 15 is 0 Å². The molecule has 1 saturated heterocycles. The SMILES string of the molecule is C[C@@H]1CN(c2ncc(Cl)c(Nc3ccc4c(c3)c3c(c(=O)n4C)SCCC(C4CC4)N3)n2)C[C@H](C)C1(F)F. The Hall–Kier alpha value is -2.59. The van der Waals surface area contributed by atoms with Crippen molar-refractivity contribution >= 4 is 57.4 Å². The summed E-state index contributed by atoms with van der Waals surface area (Å²) in [7, 11) is 1.81. The minimum absolute atomic E-state index is 0.0150. The zero-order chi connectivity index (χ0) is 26.8. The van der Waals surface area contributed by atoms with Crippen LogP contribution in [0.15, 0.2) is 34.1 Å². The fourth-order valence-electron chi connectivity index (χ4n) is 5.64. The van der Waals surface area contributed by atoms with Crippen molar-refractivity contribution in [3.63, 3.8) is 0 Å². The molecule has 2 aliphatic heterocycles. The molecule has 1 aliphatic carbocycles. The second-order valence-corrected chi connectivity index (χ2v) is 12.4. The Morgan fingerprint density at radius 1 is 1.18 bits per heavy atom. The number of aryl methyl sites for hydroxylation is 1. The van der Waals surface area contributed by atoms with Crippen LogP contribution in [0.2, 0.25) is 5.02 Å². The van der Waals surface area contributed by atoms with Gasteiger partial charge in [0.2, 0.25) is 5.95 Å². The van der Waals surface area contributed by atoms with Crippen molar-refractivity contribution in [3.8, 4) is 0 Å². The quantitative estimate of drug-likeness (QED) is 0.397. The van der Waals surface area contributed by atoms with Crippen LogP contribution in [0, 0.1) is 17.8 Å². The number of alkyl halides is 2. The molecule has 3 aliphatic rings. The lowest BCUT2D eigenvalue weighted by molar-refractivity contribution is -0.105. The van der Waals surface area contributed by atoms with Crippen molar-refractivity contribution in [1.82, 2.24) is 14.5 Å². The first-order valence-corrected chi connectivity index (χ1v) is 14.5. The van der Waals surface area contributed by atoms with Gasteiger partial charge in [0.15, 0.2) is 5.82 Å². The minimum Gasteiger partial charge on any atom is -0.380 e. The van der Waals surface area contributed by atoms with Crippen molar-refractivity contribution in [2.45, 2.75) is 50.0 Å². The van der Waals surface area contributed by atoms with Gasteiger partial charge in [-0.25, -0.2) is 13.8 Å². The van der Waals surface area contributed by atoms with Gasteiger partial charge in [-0.05, 0) is 43.4 Å². The van der Waals surface area contributed by atoms with Crippen LogP contribution in [0.4, 0.5) is 31.9 Å². The summed E-state index contributed by atoms with van der Waals surface area (Å²) in [5.41, 5.74) is 2.52. The number of halogens is 3. The summed E-state index contributed by atoms with van der Waals surface area (Å²) in [6.45, 7) is 3.45. The number of nitrogens with zero attached hydrogens (tertiary/aromatic N) is 4. The molecule has 0 radical (unpaired) electrons. The Kier molecular flexibility index (Phi) is 6.45. The lowest BCUT2D eigenvalue weighted by atomic mass is 9.87. The molecule has 38 heavy (non-hydrogen) atoms. The lowest BCUT2D eigenvalue weighted by Crippen LogP contribution is -2.52. The number of pyridine rings is 1. The first kappa shape index (κ1) is 25.7. The Labute approximate surface area is 229 Å². The predicted molar refractivity (Wildman–Crippen MR) is 150 cm³/mol. The average molecular weight is 561 g/mol. The van der Waals surface area contributed by atoms with Gasteiger partial charge in [0, 0.05) is 54.8 Å². The molecule has 3 atom stereocenters. The molecule has 3 aromatic rings. The average Bonchev–Trinajstić information content (AvgIpc) is 3.74. The number of nitrogens with one attached hydrogen (secondary N) is 2. The fraction of sp³-hybridized carbons (Fsp3) is 0.519. The summed E-state index contributed by atoms with van der Waals surface area (Å²) in [5, 5.41) is 8.32. The maximum atomic E-state index is 14.4. The zero-order valence-corrected chi connectivity index (χ0v) is 23.2. The number of thioether (sulfide) groups is 1. The van der Waals surface area contributed by atoms with E-state index in [2.05, 4.69) is 20.6 Å². The number of benzene rings is 1. The number of hydrogen-bond donors (Lipinski definition) is 2. The molecule has 1 unspecified atom stereocenters. The van der Waals surface area contributed by atoms with Crippen molar-refractivity contribution in [2.24, 2.45) is 24.8 Å². The van der Waals surface area contributed by atoms with Crippen LogP contribution in [0.25, 0.3) is 10.9 Å². The smallest absolute Gasteiger partial charge is 0.266 e. The van der Waals surface area contributed by atoms with Crippen molar-refractivity contribution in [2.75, 3.05) is 34.4 Å². The van der Waals surface area contributed by atoms with Crippen LogP contribution in [0.5, 0.6) is 0 Å². The number of fused-ring (bicyclic) bond motifs is 3. The summed E-state index contributed by atoms with van der Waals surface area (Å²) >= 11 is 8.09. The molecular formula is C27H31ClF2N6OS. The number of hydrogen-bond acceptors (Lipinski definition) is 7. The van der Waals surface area contributed by atoms with Crippen LogP contribution in [-0.4, -0.2) is 45.3 Å². The first-order valence-electron chi connectivity index (χ1n) is 13.1. The van der Waals surface area contributed by atoms with Gasteiger partial charge in [-0.1, -0.05) is 25.4 Å². The van der Waals surface area contributed by atoms with E-state index in [1.807, 2.05) is 18.2 Å². The van der Waals surface area contributed by atoms with Crippen LogP contribution >= 0.6 is 23.4 Å². The predicted octanol–water partition coefficient (Wildman–Crippen LogP) is 6.14. The highest BCUT2D eigenvalue weighted by Crippen LogP contribution is 2.43. The highest BCUT2D eigenvalue weighted by Gasteiger charge is 2.47. The van der Waals surface area contributed by atoms with Gasteiger partial charge < -0.3 is 20.1 Å². The second-order valence-electron chi connectivity index (χ2n) is 10.9. The van der Waals surface area contributed by atoms with Crippen molar-refractivity contribution in [1.29, 1.82) is 0 Å². The monoisotopic (exact) mass is 560 g/mol. The van der Waals surface area contributed by atoms with Gasteiger partial charge in [-0.3, -0.25) is 4.79 Å². The van der Waals surface area contributed by atoms with Gasteiger partial charge in [-0.2, -0.15) is 4.98 Å². The summed E-state index contributed by atoms with van der Waals surface area (Å²) < 4.78 is 30.5. The first-order chi connectivity index (χ1) is 18.1. The van der Waals surface area contributed by atoms with E-state index in [0.29, 0.717) is 28.7 Å². The van der Waals surface area contributed by atoms with Crippen LogP contribution in [0.1, 0.15) is 33.1 Å². The van der Waals surface area contributed by atoms with Gasteiger partial charge in [-0.15, -0.1) is 11.8 Å². The standard InChI is InChI=1S/C27H31ClF2N6OS/c1-14-12-36(13-15(2)27(14,29)30)26-31-11-19(28)24(34-26)32-17-6-7-21-18(10-17)22-23(25(37)35(21)3)38-9-8-20(33-22)16-4-5-16/h6-7,10-11,14-16,20,33H,4-5,8-9,12-13H2,1-3H3,(H,31,32,34)/t14-,15+,20?. The van der Waals surface area contributed by atoms with E-state index in [-0.39, 0.29) is 18.6 Å². The van der Waals surface area contributed by atoms with Gasteiger partial charge >= 0.3 is 0 Å². The number of aromatic nitrogens is 3. The molecular weight excluding hydrogens is 530 g/mol. The van der Waals surface area contributed by atoms with Crippen LogP contribution < -0.4 is 21.1 Å². The Morgan fingerprint density at radius 3 is 2.63 bits per heavy atom. The topological polar surface area (TPSA) is 75.1 Å². The maximum absolute atomic E-state index is 14.4. The van der Waals surface area contributed by atoms with E-state index in [4.69, 9.17) is 11.6 Å². The molecule has 0 bridgehead atoms. The van der Waals surface area contributed by atoms with E-state index in [9.17, 15) is 13.6 Å². The third kappa shape index (κ3) is 4.49. The third-order valence-electron chi connectivity index (χ3n) is 8.13. The number of rotatable bonds is 4. The molecule has 0 amide bonds. The summed E-state index contributed by atoms with van der Waals surface area (Å²) in [6.07, 6.45) is 5.00.